The Morgan fingerprint density at radius 3 is 2.48 bits per heavy atom. The zero-order chi connectivity index (χ0) is 18.6. The van der Waals surface area contributed by atoms with Crippen molar-refractivity contribution in [1.29, 1.82) is 0 Å². The summed E-state index contributed by atoms with van der Waals surface area (Å²) < 4.78 is 9.91. The van der Waals surface area contributed by atoms with Gasteiger partial charge >= 0.3 is 11.7 Å². The summed E-state index contributed by atoms with van der Waals surface area (Å²) in [5.41, 5.74) is -0.331. The van der Waals surface area contributed by atoms with Crippen LogP contribution in [0.25, 0.3) is 0 Å². The number of rotatable bonds is 5. The molecule has 0 N–H and O–H groups in total. The van der Waals surface area contributed by atoms with Gasteiger partial charge in [-0.05, 0) is 30.4 Å². The van der Waals surface area contributed by atoms with E-state index in [-0.39, 0.29) is 29.5 Å². The lowest BCUT2D eigenvalue weighted by atomic mass is 9.92. The van der Waals surface area contributed by atoms with Crippen molar-refractivity contribution in [2.75, 3.05) is 26.8 Å². The van der Waals surface area contributed by atoms with Gasteiger partial charge in [-0.1, -0.05) is 13.8 Å². The molecule has 0 aromatic heterocycles. The zero-order valence-corrected chi connectivity index (χ0v) is 14.6. The number of amides is 1. The summed E-state index contributed by atoms with van der Waals surface area (Å²) in [6, 6.07) is 3.77. The molecule has 1 aliphatic rings. The van der Waals surface area contributed by atoms with Crippen molar-refractivity contribution in [3.63, 3.8) is 0 Å². The average molecular weight is 350 g/mol. The predicted molar refractivity (Wildman–Crippen MR) is 89.5 cm³/mol. The van der Waals surface area contributed by atoms with E-state index in [4.69, 9.17) is 9.47 Å². The van der Waals surface area contributed by atoms with Crippen molar-refractivity contribution in [3.8, 4) is 5.75 Å². The minimum Gasteiger partial charge on any atom is -0.490 e. The second-order valence-electron chi connectivity index (χ2n) is 6.46. The highest BCUT2D eigenvalue weighted by atomic mass is 16.6. The summed E-state index contributed by atoms with van der Waals surface area (Å²) in [6.45, 7) is 5.08. The van der Waals surface area contributed by atoms with Gasteiger partial charge in [0.1, 0.15) is 0 Å². The fraction of sp³-hybridized carbons (Fsp3) is 0.529. The molecule has 1 saturated heterocycles. The molecule has 2 rings (SSSR count). The number of ether oxygens (including phenoxy) is 2. The fourth-order valence-electron chi connectivity index (χ4n) is 3.13. The number of benzene rings is 1. The van der Waals surface area contributed by atoms with E-state index in [2.05, 4.69) is 13.8 Å². The number of hydrogen-bond acceptors (Lipinski definition) is 6. The van der Waals surface area contributed by atoms with Crippen LogP contribution in [0.4, 0.5) is 5.69 Å². The number of carbonyl (C=O) groups is 2. The van der Waals surface area contributed by atoms with Crippen LogP contribution in [0.2, 0.25) is 0 Å². The average Bonchev–Trinajstić information content (AvgIpc) is 2.57. The molecule has 1 aromatic rings. The highest BCUT2D eigenvalue weighted by molar-refractivity contribution is 5.92. The quantitative estimate of drug-likeness (QED) is 0.459. The van der Waals surface area contributed by atoms with E-state index in [0.717, 1.165) is 12.5 Å². The Labute approximate surface area is 145 Å². The molecule has 25 heavy (non-hydrogen) atoms. The van der Waals surface area contributed by atoms with Gasteiger partial charge in [-0.2, -0.15) is 0 Å². The Morgan fingerprint density at radius 1 is 1.28 bits per heavy atom. The van der Waals surface area contributed by atoms with Gasteiger partial charge in [0.15, 0.2) is 12.4 Å². The molecule has 1 fully saturated rings. The van der Waals surface area contributed by atoms with Gasteiger partial charge in [0.25, 0.3) is 5.91 Å². The van der Waals surface area contributed by atoms with Crippen LogP contribution in [0.15, 0.2) is 18.2 Å². The second-order valence-corrected chi connectivity index (χ2v) is 6.46. The smallest absolute Gasteiger partial charge is 0.338 e. The zero-order valence-electron chi connectivity index (χ0n) is 14.6. The van der Waals surface area contributed by atoms with Gasteiger partial charge in [0.2, 0.25) is 0 Å². The third-order valence-corrected chi connectivity index (χ3v) is 4.16. The summed E-state index contributed by atoms with van der Waals surface area (Å²) in [5, 5.41) is 11.0. The number of nitro benzene ring substituents is 1. The van der Waals surface area contributed by atoms with Gasteiger partial charge in [-0.15, -0.1) is 0 Å². The van der Waals surface area contributed by atoms with E-state index >= 15 is 0 Å². The van der Waals surface area contributed by atoms with Crippen molar-refractivity contribution in [1.82, 2.24) is 4.90 Å². The standard InChI is InChI=1S/C17H22N2O6/c1-11-6-12(2)9-18(8-11)16(20)10-25-17(21)13-4-5-15(24-3)14(7-13)19(22)23/h4-5,7,11-12H,6,8-10H2,1-3H3/t11-,12+. The summed E-state index contributed by atoms with van der Waals surface area (Å²) >= 11 is 0. The van der Waals surface area contributed by atoms with Crippen LogP contribution in [0.1, 0.15) is 30.6 Å². The van der Waals surface area contributed by atoms with Crippen molar-refractivity contribution >= 4 is 17.6 Å². The number of hydrogen-bond donors (Lipinski definition) is 0. The monoisotopic (exact) mass is 350 g/mol. The van der Waals surface area contributed by atoms with Crippen LogP contribution in [-0.4, -0.2) is 48.5 Å². The summed E-state index contributed by atoms with van der Waals surface area (Å²) in [5.74, 6) is -0.166. The molecule has 8 heteroatoms. The van der Waals surface area contributed by atoms with E-state index in [9.17, 15) is 19.7 Å². The normalized spacial score (nSPS) is 20.0. The van der Waals surface area contributed by atoms with E-state index in [1.165, 1.54) is 19.2 Å². The van der Waals surface area contributed by atoms with Crippen LogP contribution in [0.3, 0.4) is 0 Å². The lowest BCUT2D eigenvalue weighted by Crippen LogP contribution is -2.44. The molecule has 1 aliphatic heterocycles. The number of likely N-dealkylation sites (tertiary alicyclic amines) is 1. The lowest BCUT2D eigenvalue weighted by Gasteiger charge is -2.34. The van der Waals surface area contributed by atoms with Crippen LogP contribution in [-0.2, 0) is 9.53 Å². The summed E-state index contributed by atoms with van der Waals surface area (Å²) in [7, 11) is 1.31. The molecule has 0 bridgehead atoms. The Balaban J connectivity index is 1.99. The molecule has 0 unspecified atom stereocenters. The van der Waals surface area contributed by atoms with Crippen LogP contribution in [0, 0.1) is 22.0 Å². The lowest BCUT2D eigenvalue weighted by molar-refractivity contribution is -0.385. The van der Waals surface area contributed by atoms with Crippen LogP contribution < -0.4 is 4.74 Å². The molecule has 2 atom stereocenters. The highest BCUT2D eigenvalue weighted by Gasteiger charge is 2.26. The van der Waals surface area contributed by atoms with Crippen molar-refractivity contribution < 1.29 is 24.0 Å². The number of nitro groups is 1. The van der Waals surface area contributed by atoms with Gasteiger partial charge in [0, 0.05) is 19.2 Å². The molecule has 8 nitrogen and oxygen atoms in total. The first kappa shape index (κ1) is 18.7. The number of nitrogens with zero attached hydrogens (tertiary/aromatic N) is 2. The molecule has 0 aliphatic carbocycles. The Bertz CT molecular complexity index is 665. The number of esters is 1. The largest absolute Gasteiger partial charge is 0.490 e. The molecule has 0 spiro atoms. The van der Waals surface area contributed by atoms with E-state index in [1.807, 2.05) is 0 Å². The molecular formula is C17H22N2O6. The third kappa shape index (κ3) is 4.68. The SMILES string of the molecule is COc1ccc(C(=O)OCC(=O)N2C[C@H](C)C[C@H](C)C2)cc1[N+](=O)[O-]. The third-order valence-electron chi connectivity index (χ3n) is 4.16. The fourth-order valence-corrected chi connectivity index (χ4v) is 3.13. The van der Waals surface area contributed by atoms with Gasteiger partial charge < -0.3 is 14.4 Å². The maximum absolute atomic E-state index is 12.2. The Morgan fingerprint density at radius 2 is 1.92 bits per heavy atom. The van der Waals surface area contributed by atoms with Gasteiger partial charge in [-0.3, -0.25) is 14.9 Å². The first-order valence-corrected chi connectivity index (χ1v) is 8.09. The van der Waals surface area contributed by atoms with E-state index in [0.29, 0.717) is 24.9 Å². The topological polar surface area (TPSA) is 99.0 Å². The van der Waals surface area contributed by atoms with Crippen molar-refractivity contribution in [2.24, 2.45) is 11.8 Å². The Hall–Kier alpha value is -2.64. The molecule has 0 saturated carbocycles. The first-order valence-electron chi connectivity index (χ1n) is 8.09. The molecule has 1 heterocycles. The summed E-state index contributed by atoms with van der Waals surface area (Å²) in [4.78, 5) is 36.4. The summed E-state index contributed by atoms with van der Waals surface area (Å²) in [6.07, 6.45) is 1.07. The van der Waals surface area contributed by atoms with E-state index in [1.54, 1.807) is 4.90 Å². The van der Waals surface area contributed by atoms with Gasteiger partial charge in [-0.25, -0.2) is 4.79 Å². The molecule has 0 radical (unpaired) electrons. The maximum atomic E-state index is 12.2. The molecular weight excluding hydrogens is 328 g/mol. The number of methoxy groups -OCH3 is 1. The maximum Gasteiger partial charge on any atom is 0.338 e. The van der Waals surface area contributed by atoms with Crippen LogP contribution >= 0.6 is 0 Å². The molecule has 1 aromatic carbocycles. The molecule has 1 amide bonds. The van der Waals surface area contributed by atoms with Crippen molar-refractivity contribution in [3.05, 3.63) is 33.9 Å². The van der Waals surface area contributed by atoms with Crippen molar-refractivity contribution in [2.45, 2.75) is 20.3 Å². The molecule has 136 valence electrons. The minimum absolute atomic E-state index is 0.000630. The second kappa shape index (κ2) is 7.96. The number of carbonyl (C=O) groups excluding carboxylic acids is 2. The Kier molecular flexibility index (Phi) is 5.95. The first-order chi connectivity index (χ1) is 11.8. The van der Waals surface area contributed by atoms with Gasteiger partial charge in [0.05, 0.1) is 17.6 Å². The van der Waals surface area contributed by atoms with Crippen LogP contribution in [0.5, 0.6) is 5.75 Å². The minimum atomic E-state index is -0.780. The number of piperidine rings is 1. The van der Waals surface area contributed by atoms with E-state index < -0.39 is 10.9 Å². The highest BCUT2D eigenvalue weighted by Crippen LogP contribution is 2.27. The predicted octanol–water partition coefficient (Wildman–Crippen LogP) is 2.26.